The molecule has 0 saturated carbocycles. The SMILES string of the molecule is N#Cc1cc(CN)c(C(=O)O)nc1C(F)F. The van der Waals surface area contributed by atoms with Crippen molar-refractivity contribution in [2.45, 2.75) is 13.0 Å². The maximum Gasteiger partial charge on any atom is 0.354 e. The van der Waals surface area contributed by atoms with Crippen LogP contribution in [0.5, 0.6) is 0 Å². The maximum atomic E-state index is 12.5. The fourth-order valence-corrected chi connectivity index (χ4v) is 1.17. The van der Waals surface area contributed by atoms with Crippen molar-refractivity contribution in [1.82, 2.24) is 4.98 Å². The molecule has 0 radical (unpaired) electrons. The van der Waals surface area contributed by atoms with Crippen LogP contribution in [0.4, 0.5) is 8.78 Å². The summed E-state index contributed by atoms with van der Waals surface area (Å²) in [6.45, 7) is -0.188. The Labute approximate surface area is 89.1 Å². The van der Waals surface area contributed by atoms with Gasteiger partial charge in [-0.05, 0) is 6.07 Å². The van der Waals surface area contributed by atoms with E-state index in [4.69, 9.17) is 16.1 Å². The van der Waals surface area contributed by atoms with Crippen molar-refractivity contribution in [3.05, 3.63) is 28.6 Å². The molecule has 1 heterocycles. The van der Waals surface area contributed by atoms with E-state index in [0.29, 0.717) is 0 Å². The van der Waals surface area contributed by atoms with Gasteiger partial charge in [0.25, 0.3) is 6.43 Å². The van der Waals surface area contributed by atoms with Crippen LogP contribution in [0, 0.1) is 11.3 Å². The number of aromatic nitrogens is 1. The Balaban J connectivity index is 3.48. The zero-order chi connectivity index (χ0) is 12.3. The molecule has 0 aliphatic rings. The van der Waals surface area contributed by atoms with Crippen LogP contribution < -0.4 is 5.73 Å². The average molecular weight is 227 g/mol. The molecule has 1 aromatic heterocycles. The molecular formula is C9H7F2N3O2. The Kier molecular flexibility index (Phi) is 3.48. The molecule has 0 aliphatic carbocycles. The second-order valence-corrected chi connectivity index (χ2v) is 2.85. The van der Waals surface area contributed by atoms with Crippen molar-refractivity contribution in [2.24, 2.45) is 5.73 Å². The van der Waals surface area contributed by atoms with Crippen LogP contribution in [0.1, 0.15) is 33.7 Å². The molecule has 0 amide bonds. The first-order valence-electron chi connectivity index (χ1n) is 4.16. The van der Waals surface area contributed by atoms with Crippen molar-refractivity contribution in [3.63, 3.8) is 0 Å². The van der Waals surface area contributed by atoms with Crippen molar-refractivity contribution in [1.29, 1.82) is 5.26 Å². The number of nitrogens with zero attached hydrogens (tertiary/aromatic N) is 2. The zero-order valence-corrected chi connectivity index (χ0v) is 7.94. The minimum Gasteiger partial charge on any atom is -0.477 e. The quantitative estimate of drug-likeness (QED) is 0.803. The van der Waals surface area contributed by atoms with Crippen molar-refractivity contribution >= 4 is 5.97 Å². The number of carbonyl (C=O) groups is 1. The van der Waals surface area contributed by atoms with Crippen LogP contribution in [-0.4, -0.2) is 16.1 Å². The number of carboxylic acid groups (broad SMARTS) is 1. The predicted molar refractivity (Wildman–Crippen MR) is 48.8 cm³/mol. The van der Waals surface area contributed by atoms with E-state index in [1.165, 1.54) is 6.07 Å². The highest BCUT2D eigenvalue weighted by molar-refractivity contribution is 5.87. The molecule has 3 N–H and O–H groups in total. The summed E-state index contributed by atoms with van der Waals surface area (Å²) in [4.78, 5) is 14.0. The molecule has 1 rings (SSSR count). The van der Waals surface area contributed by atoms with Gasteiger partial charge in [-0.15, -0.1) is 0 Å². The topological polar surface area (TPSA) is 100 Å². The fourth-order valence-electron chi connectivity index (χ4n) is 1.17. The lowest BCUT2D eigenvalue weighted by molar-refractivity contribution is 0.0687. The van der Waals surface area contributed by atoms with Crippen LogP contribution in [0.2, 0.25) is 0 Å². The van der Waals surface area contributed by atoms with Gasteiger partial charge in [0, 0.05) is 12.1 Å². The summed E-state index contributed by atoms with van der Waals surface area (Å²) < 4.78 is 24.9. The number of nitriles is 1. The lowest BCUT2D eigenvalue weighted by Crippen LogP contribution is -2.13. The van der Waals surface area contributed by atoms with Crippen molar-refractivity contribution < 1.29 is 18.7 Å². The molecule has 16 heavy (non-hydrogen) atoms. The molecule has 0 bridgehead atoms. The number of alkyl halides is 2. The third-order valence-corrected chi connectivity index (χ3v) is 1.88. The monoisotopic (exact) mass is 227 g/mol. The molecule has 0 spiro atoms. The van der Waals surface area contributed by atoms with Crippen LogP contribution in [-0.2, 0) is 6.54 Å². The largest absolute Gasteiger partial charge is 0.477 e. The normalized spacial score (nSPS) is 10.2. The lowest BCUT2D eigenvalue weighted by Gasteiger charge is -2.07. The predicted octanol–water partition coefficient (Wildman–Crippen LogP) is 1.05. The number of pyridine rings is 1. The smallest absolute Gasteiger partial charge is 0.354 e. The van der Waals surface area contributed by atoms with E-state index < -0.39 is 23.8 Å². The number of hydrogen-bond acceptors (Lipinski definition) is 4. The summed E-state index contributed by atoms with van der Waals surface area (Å²) in [5, 5.41) is 17.3. The van der Waals surface area contributed by atoms with E-state index in [2.05, 4.69) is 4.98 Å². The summed E-state index contributed by atoms with van der Waals surface area (Å²) in [5.41, 5.74) is 3.55. The average Bonchev–Trinajstić information content (AvgIpc) is 2.26. The highest BCUT2D eigenvalue weighted by Gasteiger charge is 2.21. The van der Waals surface area contributed by atoms with E-state index in [9.17, 15) is 13.6 Å². The van der Waals surface area contributed by atoms with Gasteiger partial charge in [0.1, 0.15) is 11.8 Å². The van der Waals surface area contributed by atoms with Crippen LogP contribution in [0.15, 0.2) is 6.07 Å². The number of aromatic carboxylic acids is 1. The summed E-state index contributed by atoms with van der Waals surface area (Å²) in [7, 11) is 0. The molecule has 0 aromatic carbocycles. The number of halogens is 2. The van der Waals surface area contributed by atoms with Gasteiger partial charge in [0.2, 0.25) is 0 Å². The summed E-state index contributed by atoms with van der Waals surface area (Å²) in [6, 6.07) is 2.55. The molecule has 7 heteroatoms. The Bertz CT molecular complexity index is 469. The second kappa shape index (κ2) is 4.63. The minimum absolute atomic E-state index is 0.0495. The Morgan fingerprint density at radius 1 is 1.69 bits per heavy atom. The standard InChI is InChI=1S/C9H7F2N3O2/c10-8(11)6-4(2-12)1-5(3-13)7(14-6)9(15)16/h1,8H,3,13H2,(H,15,16). The second-order valence-electron chi connectivity index (χ2n) is 2.85. The van der Waals surface area contributed by atoms with E-state index in [1.807, 2.05) is 0 Å². The molecule has 0 atom stereocenters. The summed E-state index contributed by atoms with van der Waals surface area (Å²) in [6.07, 6.45) is -3.00. The Morgan fingerprint density at radius 2 is 2.31 bits per heavy atom. The molecule has 0 unspecified atom stereocenters. The van der Waals surface area contributed by atoms with Crippen molar-refractivity contribution in [3.8, 4) is 6.07 Å². The van der Waals surface area contributed by atoms with Crippen molar-refractivity contribution in [2.75, 3.05) is 0 Å². The van der Waals surface area contributed by atoms with Crippen LogP contribution in [0.3, 0.4) is 0 Å². The molecule has 1 aromatic rings. The Morgan fingerprint density at radius 3 is 2.69 bits per heavy atom. The van der Waals surface area contributed by atoms with Gasteiger partial charge in [-0.1, -0.05) is 0 Å². The molecule has 0 saturated heterocycles. The molecular weight excluding hydrogens is 220 g/mol. The minimum atomic E-state index is -3.00. The van der Waals surface area contributed by atoms with Gasteiger partial charge in [-0.25, -0.2) is 18.6 Å². The third-order valence-electron chi connectivity index (χ3n) is 1.88. The third kappa shape index (κ3) is 2.12. The van der Waals surface area contributed by atoms with E-state index in [-0.39, 0.29) is 17.7 Å². The molecule has 0 fully saturated rings. The van der Waals surface area contributed by atoms with Gasteiger partial charge < -0.3 is 10.8 Å². The highest BCUT2D eigenvalue weighted by atomic mass is 19.3. The van der Waals surface area contributed by atoms with Gasteiger partial charge in [0.05, 0.1) is 5.56 Å². The zero-order valence-electron chi connectivity index (χ0n) is 7.94. The van der Waals surface area contributed by atoms with Crippen LogP contribution >= 0.6 is 0 Å². The van der Waals surface area contributed by atoms with E-state index in [0.717, 1.165) is 6.07 Å². The van der Waals surface area contributed by atoms with Gasteiger partial charge in [0.15, 0.2) is 5.69 Å². The number of rotatable bonds is 3. The Hall–Kier alpha value is -2.07. The number of nitrogens with two attached hydrogens (primary N) is 1. The first kappa shape index (κ1) is 12.0. The van der Waals surface area contributed by atoms with Gasteiger partial charge in [-0.3, -0.25) is 0 Å². The maximum absolute atomic E-state index is 12.5. The number of carboxylic acids is 1. The fraction of sp³-hybridized carbons (Fsp3) is 0.222. The molecule has 0 aliphatic heterocycles. The summed E-state index contributed by atoms with van der Waals surface area (Å²) >= 11 is 0. The van der Waals surface area contributed by atoms with E-state index in [1.54, 1.807) is 0 Å². The van der Waals surface area contributed by atoms with Crippen LogP contribution in [0.25, 0.3) is 0 Å². The molecule has 5 nitrogen and oxygen atoms in total. The lowest BCUT2D eigenvalue weighted by atomic mass is 10.1. The van der Waals surface area contributed by atoms with Gasteiger partial charge in [-0.2, -0.15) is 5.26 Å². The highest BCUT2D eigenvalue weighted by Crippen LogP contribution is 2.22. The number of hydrogen-bond donors (Lipinski definition) is 2. The first-order valence-corrected chi connectivity index (χ1v) is 4.16. The first-order chi connectivity index (χ1) is 7.51. The van der Waals surface area contributed by atoms with E-state index >= 15 is 0 Å². The van der Waals surface area contributed by atoms with Gasteiger partial charge >= 0.3 is 5.97 Å². The molecule has 84 valence electrons. The summed E-state index contributed by atoms with van der Waals surface area (Å²) in [5.74, 6) is -1.45.